The molecule has 3 aromatic rings. The first kappa shape index (κ1) is 14.7. The van der Waals surface area contributed by atoms with Crippen molar-refractivity contribution in [3.05, 3.63) is 48.0 Å². The molecule has 0 N–H and O–H groups in total. The van der Waals surface area contributed by atoms with Gasteiger partial charge in [0.15, 0.2) is 11.5 Å². The van der Waals surface area contributed by atoms with Crippen LogP contribution >= 0.6 is 0 Å². The van der Waals surface area contributed by atoms with E-state index in [1.807, 2.05) is 24.4 Å². The molecule has 4 rings (SSSR count). The molecular formula is C18H18N4O2. The Morgan fingerprint density at radius 3 is 2.71 bits per heavy atom. The van der Waals surface area contributed by atoms with Gasteiger partial charge in [0.2, 0.25) is 0 Å². The molecule has 0 radical (unpaired) electrons. The normalized spacial score (nSPS) is 13.7. The summed E-state index contributed by atoms with van der Waals surface area (Å²) in [4.78, 5) is 15.6. The zero-order valence-corrected chi connectivity index (χ0v) is 13.7. The van der Waals surface area contributed by atoms with Gasteiger partial charge >= 0.3 is 0 Å². The minimum atomic E-state index is 0.669. The van der Waals surface area contributed by atoms with E-state index in [-0.39, 0.29) is 0 Å². The second kappa shape index (κ2) is 5.96. The first-order valence-electron chi connectivity index (χ1n) is 7.84. The Morgan fingerprint density at radius 1 is 1.04 bits per heavy atom. The quantitative estimate of drug-likeness (QED) is 0.739. The lowest BCUT2D eigenvalue weighted by molar-refractivity contribution is 0.356. The fraction of sp³-hybridized carbons (Fsp3) is 0.278. The van der Waals surface area contributed by atoms with E-state index < -0.39 is 0 Å². The number of rotatable bonds is 3. The molecule has 1 aliphatic heterocycles. The summed E-state index contributed by atoms with van der Waals surface area (Å²) < 4.78 is 10.8. The van der Waals surface area contributed by atoms with Crippen molar-refractivity contribution in [2.45, 2.75) is 13.0 Å². The molecule has 6 nitrogen and oxygen atoms in total. The molecule has 3 heterocycles. The Hall–Kier alpha value is -2.89. The van der Waals surface area contributed by atoms with Gasteiger partial charge in [-0.05, 0) is 17.7 Å². The summed E-state index contributed by atoms with van der Waals surface area (Å²) in [6, 6.07) is 7.94. The van der Waals surface area contributed by atoms with Gasteiger partial charge in [-0.2, -0.15) is 0 Å². The van der Waals surface area contributed by atoms with E-state index in [0.717, 1.165) is 36.2 Å². The molecule has 0 spiro atoms. The van der Waals surface area contributed by atoms with Crippen LogP contribution < -0.4 is 14.4 Å². The number of nitrogens with zero attached hydrogens (tertiary/aromatic N) is 4. The maximum atomic E-state index is 5.43. The smallest absolute Gasteiger partial charge is 0.162 e. The number of hydrogen-bond donors (Lipinski definition) is 0. The van der Waals surface area contributed by atoms with Gasteiger partial charge in [-0.1, -0.05) is 6.07 Å². The standard InChI is InChI=1S/C18H18N4O2/c1-23-16-8-13-15(9-17(16)24-2)20-11-21-18(13)22-7-5-14-12(10-22)4-3-6-19-14/h3-4,6,8-9,11H,5,7,10H2,1-2H3. The molecule has 24 heavy (non-hydrogen) atoms. The topological polar surface area (TPSA) is 60.4 Å². The highest BCUT2D eigenvalue weighted by Gasteiger charge is 2.21. The number of hydrogen-bond acceptors (Lipinski definition) is 6. The average molecular weight is 322 g/mol. The van der Waals surface area contributed by atoms with E-state index in [2.05, 4.69) is 25.9 Å². The van der Waals surface area contributed by atoms with Crippen LogP contribution in [-0.2, 0) is 13.0 Å². The third-order valence-electron chi connectivity index (χ3n) is 4.38. The van der Waals surface area contributed by atoms with E-state index >= 15 is 0 Å². The maximum absolute atomic E-state index is 5.43. The maximum Gasteiger partial charge on any atom is 0.162 e. The van der Waals surface area contributed by atoms with Crippen LogP contribution in [-0.4, -0.2) is 35.7 Å². The highest BCUT2D eigenvalue weighted by Crippen LogP contribution is 2.35. The largest absolute Gasteiger partial charge is 0.493 e. The Labute approximate surface area is 140 Å². The van der Waals surface area contributed by atoms with Gasteiger partial charge in [-0.15, -0.1) is 0 Å². The highest BCUT2D eigenvalue weighted by molar-refractivity contribution is 5.92. The van der Waals surface area contributed by atoms with Crippen molar-refractivity contribution in [1.82, 2.24) is 15.0 Å². The van der Waals surface area contributed by atoms with Crippen LogP contribution in [0.5, 0.6) is 11.5 Å². The summed E-state index contributed by atoms with van der Waals surface area (Å²) in [5.74, 6) is 2.26. The lowest BCUT2D eigenvalue weighted by atomic mass is 10.1. The summed E-state index contributed by atoms with van der Waals surface area (Å²) in [5, 5.41) is 0.961. The number of methoxy groups -OCH3 is 2. The molecule has 1 aromatic carbocycles. The lowest BCUT2D eigenvalue weighted by Gasteiger charge is -2.29. The van der Waals surface area contributed by atoms with Crippen molar-refractivity contribution in [1.29, 1.82) is 0 Å². The van der Waals surface area contributed by atoms with Crippen LogP contribution in [0.2, 0.25) is 0 Å². The van der Waals surface area contributed by atoms with Gasteiger partial charge in [0.25, 0.3) is 0 Å². The van der Waals surface area contributed by atoms with Gasteiger partial charge in [0.05, 0.1) is 19.7 Å². The van der Waals surface area contributed by atoms with Gasteiger partial charge in [-0.25, -0.2) is 9.97 Å². The summed E-state index contributed by atoms with van der Waals surface area (Å²) in [6.07, 6.45) is 4.36. The van der Waals surface area contributed by atoms with Crippen LogP contribution in [0.4, 0.5) is 5.82 Å². The van der Waals surface area contributed by atoms with Crippen LogP contribution in [0.3, 0.4) is 0 Å². The number of fused-ring (bicyclic) bond motifs is 2. The SMILES string of the molecule is COc1cc2ncnc(N3CCc4ncccc4C3)c2cc1OC. The fourth-order valence-electron chi connectivity index (χ4n) is 3.17. The Bertz CT molecular complexity index is 897. The van der Waals surface area contributed by atoms with Gasteiger partial charge < -0.3 is 14.4 Å². The minimum absolute atomic E-state index is 0.669. The molecule has 0 aliphatic carbocycles. The molecular weight excluding hydrogens is 304 g/mol. The predicted molar refractivity (Wildman–Crippen MR) is 91.6 cm³/mol. The molecule has 2 aromatic heterocycles. The summed E-state index contributed by atoms with van der Waals surface area (Å²) in [7, 11) is 3.26. The monoisotopic (exact) mass is 322 g/mol. The van der Waals surface area contributed by atoms with Crippen molar-refractivity contribution in [2.75, 3.05) is 25.7 Å². The first-order chi connectivity index (χ1) is 11.8. The molecule has 0 saturated carbocycles. The number of anilines is 1. The second-order valence-corrected chi connectivity index (χ2v) is 5.70. The number of pyridine rings is 1. The molecule has 0 atom stereocenters. The predicted octanol–water partition coefficient (Wildman–Crippen LogP) is 2.60. The fourth-order valence-corrected chi connectivity index (χ4v) is 3.17. The number of aromatic nitrogens is 3. The second-order valence-electron chi connectivity index (χ2n) is 5.70. The Morgan fingerprint density at radius 2 is 1.88 bits per heavy atom. The van der Waals surface area contributed by atoms with E-state index in [1.165, 1.54) is 11.3 Å². The van der Waals surface area contributed by atoms with Crippen molar-refractivity contribution in [2.24, 2.45) is 0 Å². The van der Waals surface area contributed by atoms with Gasteiger partial charge in [-0.3, -0.25) is 4.98 Å². The van der Waals surface area contributed by atoms with Crippen molar-refractivity contribution in [3.8, 4) is 11.5 Å². The zero-order chi connectivity index (χ0) is 16.5. The minimum Gasteiger partial charge on any atom is -0.493 e. The molecule has 0 bridgehead atoms. The van der Waals surface area contributed by atoms with Crippen LogP contribution in [0, 0.1) is 0 Å². The van der Waals surface area contributed by atoms with Crippen molar-refractivity contribution in [3.63, 3.8) is 0 Å². The number of benzene rings is 1. The van der Waals surface area contributed by atoms with Crippen LogP contribution in [0.25, 0.3) is 10.9 Å². The van der Waals surface area contributed by atoms with Gasteiger partial charge in [0, 0.05) is 42.9 Å². The highest BCUT2D eigenvalue weighted by atomic mass is 16.5. The van der Waals surface area contributed by atoms with Crippen molar-refractivity contribution >= 4 is 16.7 Å². The molecule has 1 aliphatic rings. The van der Waals surface area contributed by atoms with Crippen LogP contribution in [0.15, 0.2) is 36.8 Å². The molecule has 0 saturated heterocycles. The lowest BCUT2D eigenvalue weighted by Crippen LogP contribution is -2.31. The average Bonchev–Trinajstić information content (AvgIpc) is 2.65. The van der Waals surface area contributed by atoms with E-state index in [9.17, 15) is 0 Å². The van der Waals surface area contributed by atoms with Gasteiger partial charge in [0.1, 0.15) is 12.1 Å². The van der Waals surface area contributed by atoms with E-state index in [4.69, 9.17) is 9.47 Å². The molecule has 122 valence electrons. The summed E-state index contributed by atoms with van der Waals surface area (Å²) in [5.41, 5.74) is 3.26. The van der Waals surface area contributed by atoms with Crippen LogP contribution in [0.1, 0.15) is 11.3 Å². The molecule has 6 heteroatoms. The van der Waals surface area contributed by atoms with Crippen molar-refractivity contribution < 1.29 is 9.47 Å². The summed E-state index contributed by atoms with van der Waals surface area (Å²) in [6.45, 7) is 1.67. The zero-order valence-electron chi connectivity index (χ0n) is 13.7. The third-order valence-corrected chi connectivity index (χ3v) is 4.38. The van der Waals surface area contributed by atoms with E-state index in [1.54, 1.807) is 20.5 Å². The molecule has 0 fully saturated rings. The molecule has 0 unspecified atom stereocenters. The Balaban J connectivity index is 1.80. The summed E-state index contributed by atoms with van der Waals surface area (Å²) >= 11 is 0. The Kier molecular flexibility index (Phi) is 3.65. The van der Waals surface area contributed by atoms with E-state index in [0.29, 0.717) is 11.5 Å². The number of ether oxygens (including phenoxy) is 2. The third kappa shape index (κ3) is 2.40. The first-order valence-corrected chi connectivity index (χ1v) is 7.84. The molecule has 0 amide bonds.